The number of ether oxygens (including phenoxy) is 1. The van der Waals surface area contributed by atoms with Gasteiger partial charge in [0, 0.05) is 12.3 Å². The van der Waals surface area contributed by atoms with Crippen molar-refractivity contribution >= 4 is 17.9 Å². The number of nitrogen functional groups attached to an aromatic ring is 1. The molecule has 2 heterocycles. The molecule has 2 aromatic heterocycles. The number of aromatic nitrogens is 3. The van der Waals surface area contributed by atoms with Crippen molar-refractivity contribution in [3.8, 4) is 5.69 Å². The Bertz CT molecular complexity index is 854. The number of rotatable bonds is 6. The van der Waals surface area contributed by atoms with Gasteiger partial charge < -0.3 is 20.9 Å². The van der Waals surface area contributed by atoms with E-state index in [1.54, 1.807) is 39.0 Å². The second-order valence-electron chi connectivity index (χ2n) is 6.83. The van der Waals surface area contributed by atoms with E-state index in [0.29, 0.717) is 17.8 Å². The number of nitrogens with one attached hydrogen (secondary N) is 1. The first-order valence-corrected chi connectivity index (χ1v) is 8.26. The predicted molar refractivity (Wildman–Crippen MR) is 99.7 cm³/mol. The molecule has 0 saturated carbocycles. The zero-order valence-electron chi connectivity index (χ0n) is 15.5. The molecule has 0 bridgehead atoms. The lowest BCUT2D eigenvalue weighted by Gasteiger charge is -2.23. The van der Waals surface area contributed by atoms with E-state index >= 15 is 0 Å². The number of nitrogens with two attached hydrogens (primary N) is 1. The fourth-order valence-electron chi connectivity index (χ4n) is 2.34. The van der Waals surface area contributed by atoms with Crippen LogP contribution in [0.4, 0.5) is 10.6 Å². The average Bonchev–Trinajstić information content (AvgIpc) is 2.95. The van der Waals surface area contributed by atoms with E-state index in [1.807, 2.05) is 0 Å². The Kier molecular flexibility index (Phi) is 5.84. The molecule has 0 aliphatic rings. The zero-order valence-corrected chi connectivity index (χ0v) is 15.5. The third-order valence-electron chi connectivity index (χ3n) is 3.42. The smallest absolute Gasteiger partial charge is 0.408 e. The normalized spacial score (nSPS) is 12.3. The van der Waals surface area contributed by atoms with Crippen molar-refractivity contribution in [3.63, 3.8) is 0 Å². The maximum absolute atomic E-state index is 12.1. The van der Waals surface area contributed by atoms with Crippen LogP contribution in [0.3, 0.4) is 0 Å². The fourth-order valence-corrected chi connectivity index (χ4v) is 2.34. The molecule has 1 amide bonds. The van der Waals surface area contributed by atoms with Crippen LogP contribution >= 0.6 is 0 Å². The van der Waals surface area contributed by atoms with E-state index in [-0.39, 0.29) is 11.5 Å². The Morgan fingerprint density at radius 3 is 2.70 bits per heavy atom. The van der Waals surface area contributed by atoms with E-state index in [0.717, 1.165) is 0 Å². The van der Waals surface area contributed by atoms with Crippen molar-refractivity contribution in [1.82, 2.24) is 20.1 Å². The van der Waals surface area contributed by atoms with Crippen LogP contribution in [0.1, 0.15) is 49.4 Å². The molecule has 144 valence electrons. The first-order chi connectivity index (χ1) is 12.6. The van der Waals surface area contributed by atoms with E-state index in [1.165, 1.54) is 16.9 Å². The number of hydrogen-bond acceptors (Lipinski definition) is 6. The maximum Gasteiger partial charge on any atom is 0.408 e. The number of pyridine rings is 1. The highest BCUT2D eigenvalue weighted by Gasteiger charge is 2.21. The van der Waals surface area contributed by atoms with Gasteiger partial charge in [0.05, 0.1) is 17.4 Å². The van der Waals surface area contributed by atoms with Gasteiger partial charge in [-0.25, -0.2) is 14.3 Å². The molecule has 0 aliphatic heterocycles. The second kappa shape index (κ2) is 7.90. The van der Waals surface area contributed by atoms with Gasteiger partial charge in [-0.05, 0) is 39.3 Å². The van der Waals surface area contributed by atoms with Crippen molar-refractivity contribution in [2.24, 2.45) is 0 Å². The summed E-state index contributed by atoms with van der Waals surface area (Å²) in [6.07, 6.45) is 3.03. The molecule has 0 aliphatic carbocycles. The summed E-state index contributed by atoms with van der Waals surface area (Å²) in [5.74, 6) is -1.00. The lowest BCUT2D eigenvalue weighted by Crippen LogP contribution is -2.35. The van der Waals surface area contributed by atoms with E-state index in [2.05, 4.69) is 22.0 Å². The van der Waals surface area contributed by atoms with Crippen molar-refractivity contribution < 1.29 is 19.4 Å². The number of carboxylic acid groups (broad SMARTS) is 1. The minimum atomic E-state index is -1.18. The molecule has 4 N–H and O–H groups in total. The summed E-state index contributed by atoms with van der Waals surface area (Å²) in [6, 6.07) is 4.09. The number of amides is 1. The summed E-state index contributed by atoms with van der Waals surface area (Å²) in [4.78, 5) is 27.5. The zero-order chi connectivity index (χ0) is 20.2. The van der Waals surface area contributed by atoms with Crippen LogP contribution in [-0.4, -0.2) is 37.5 Å². The van der Waals surface area contributed by atoms with Crippen LogP contribution in [0.5, 0.6) is 0 Å². The van der Waals surface area contributed by atoms with Crippen LogP contribution in [0.25, 0.3) is 5.69 Å². The Balaban J connectivity index is 2.31. The molecule has 1 unspecified atom stereocenters. The van der Waals surface area contributed by atoms with E-state index in [4.69, 9.17) is 15.6 Å². The van der Waals surface area contributed by atoms with Crippen molar-refractivity contribution in [2.45, 2.75) is 38.8 Å². The van der Waals surface area contributed by atoms with Gasteiger partial charge in [0.1, 0.15) is 11.4 Å². The van der Waals surface area contributed by atoms with Gasteiger partial charge in [0.25, 0.3) is 0 Å². The van der Waals surface area contributed by atoms with Gasteiger partial charge in [-0.15, -0.1) is 6.58 Å². The Morgan fingerprint density at radius 2 is 2.15 bits per heavy atom. The van der Waals surface area contributed by atoms with Crippen LogP contribution in [0.2, 0.25) is 0 Å². The molecule has 27 heavy (non-hydrogen) atoms. The fraction of sp³-hybridized carbons (Fsp3) is 0.333. The van der Waals surface area contributed by atoms with Crippen LogP contribution in [0.15, 0.2) is 37.1 Å². The summed E-state index contributed by atoms with van der Waals surface area (Å²) in [7, 11) is 0. The van der Waals surface area contributed by atoms with Gasteiger partial charge in [-0.3, -0.25) is 4.98 Å². The second-order valence-corrected chi connectivity index (χ2v) is 6.83. The van der Waals surface area contributed by atoms with Gasteiger partial charge in [-0.1, -0.05) is 6.08 Å². The summed E-state index contributed by atoms with van der Waals surface area (Å²) in [6.45, 7) is 9.02. The van der Waals surface area contributed by atoms with E-state index < -0.39 is 23.7 Å². The quantitative estimate of drug-likeness (QED) is 0.663. The molecule has 2 aromatic rings. The number of carbonyl (C=O) groups is 2. The van der Waals surface area contributed by atoms with Crippen molar-refractivity contribution in [3.05, 3.63) is 48.4 Å². The highest BCUT2D eigenvalue weighted by atomic mass is 16.6. The lowest BCUT2D eigenvalue weighted by atomic mass is 10.1. The molecule has 0 saturated heterocycles. The Labute approximate surface area is 156 Å². The largest absolute Gasteiger partial charge is 0.476 e. The Morgan fingerprint density at radius 1 is 1.44 bits per heavy atom. The molecule has 2 rings (SSSR count). The molecule has 9 nitrogen and oxygen atoms in total. The molecular formula is C18H23N5O4. The number of carbonyl (C=O) groups excluding carboxylic acids is 1. The van der Waals surface area contributed by atoms with Crippen LogP contribution < -0.4 is 11.1 Å². The lowest BCUT2D eigenvalue weighted by molar-refractivity contribution is 0.0502. The molecular weight excluding hydrogens is 350 g/mol. The van der Waals surface area contributed by atoms with Gasteiger partial charge in [0.15, 0.2) is 5.69 Å². The first-order valence-electron chi connectivity index (χ1n) is 8.26. The number of hydrogen-bond donors (Lipinski definition) is 3. The number of alkyl carbamates (subject to hydrolysis) is 1. The number of aromatic carboxylic acids is 1. The van der Waals surface area contributed by atoms with Crippen molar-refractivity contribution in [2.75, 3.05) is 5.73 Å². The maximum atomic E-state index is 12.1. The molecule has 0 radical (unpaired) electrons. The van der Waals surface area contributed by atoms with Gasteiger partial charge in [-0.2, -0.15) is 5.10 Å². The minimum Gasteiger partial charge on any atom is -0.476 e. The molecule has 0 fully saturated rings. The summed E-state index contributed by atoms with van der Waals surface area (Å²) < 4.78 is 6.58. The molecule has 0 aromatic carbocycles. The summed E-state index contributed by atoms with van der Waals surface area (Å²) >= 11 is 0. The highest BCUT2D eigenvalue weighted by Crippen LogP contribution is 2.21. The van der Waals surface area contributed by atoms with Gasteiger partial charge in [0.2, 0.25) is 0 Å². The standard InChI is InChI=1S/C18H23N5O4/c1-5-6-12(21-17(26)27-18(2,3)4)13-9-11(7-8-20-13)23-15(19)10-14(22-23)16(24)25/h5,7-10,12H,1,6,19H2,2-4H3,(H,21,26)(H,24,25). The summed E-state index contributed by atoms with van der Waals surface area (Å²) in [5.41, 5.74) is 6.11. The first kappa shape index (κ1) is 20.0. The van der Waals surface area contributed by atoms with Crippen LogP contribution in [0, 0.1) is 0 Å². The molecule has 0 spiro atoms. The topological polar surface area (TPSA) is 132 Å². The third-order valence-corrected chi connectivity index (χ3v) is 3.42. The third kappa shape index (κ3) is 5.30. The summed E-state index contributed by atoms with van der Waals surface area (Å²) in [5, 5.41) is 15.8. The highest BCUT2D eigenvalue weighted by molar-refractivity contribution is 5.86. The van der Waals surface area contributed by atoms with Crippen LogP contribution in [-0.2, 0) is 4.74 Å². The minimum absolute atomic E-state index is 0.166. The van der Waals surface area contributed by atoms with Crippen molar-refractivity contribution in [1.29, 1.82) is 0 Å². The number of nitrogens with zero attached hydrogens (tertiary/aromatic N) is 3. The number of anilines is 1. The predicted octanol–water partition coefficient (Wildman–Crippen LogP) is 2.69. The van der Waals surface area contributed by atoms with E-state index in [9.17, 15) is 9.59 Å². The number of carboxylic acids is 1. The molecule has 9 heteroatoms. The molecule has 1 atom stereocenters. The Hall–Kier alpha value is -3.36. The monoisotopic (exact) mass is 373 g/mol. The average molecular weight is 373 g/mol. The SMILES string of the molecule is C=CCC(NC(=O)OC(C)(C)C)c1cc(-n2nc(C(=O)O)cc2N)ccn1. The van der Waals surface area contributed by atoms with Gasteiger partial charge >= 0.3 is 12.1 Å².